The molecule has 0 spiro atoms. The molecule has 1 rings (SSSR count). The Hall–Kier alpha value is -1.95. The second-order valence-corrected chi connectivity index (χ2v) is 5.48. The first-order valence-electron chi connectivity index (χ1n) is 5.54. The minimum atomic E-state index is -3.91. The van der Waals surface area contributed by atoms with Gasteiger partial charge in [-0.2, -0.15) is 0 Å². The molecule has 6 nitrogen and oxygen atoms in total. The second-order valence-electron chi connectivity index (χ2n) is 3.72. The third kappa shape index (κ3) is 4.62. The normalized spacial score (nSPS) is 10.7. The highest BCUT2D eigenvalue weighted by Gasteiger charge is 2.15. The number of benzene rings is 1. The highest BCUT2D eigenvalue weighted by Crippen LogP contribution is 2.14. The number of nitrogens with one attached hydrogen (secondary N) is 1. The molecule has 0 aliphatic heterocycles. The lowest BCUT2D eigenvalue weighted by Gasteiger charge is -2.06. The van der Waals surface area contributed by atoms with Gasteiger partial charge >= 0.3 is 0 Å². The molecule has 0 aliphatic rings. The van der Waals surface area contributed by atoms with E-state index in [-0.39, 0.29) is 23.4 Å². The number of nitrogens with two attached hydrogens (primary N) is 1. The number of amides is 1. The highest BCUT2D eigenvalue weighted by atomic mass is 32.2. The lowest BCUT2D eigenvalue weighted by Crippen LogP contribution is -2.28. The van der Waals surface area contributed by atoms with Crippen LogP contribution in [0.1, 0.15) is 12.0 Å². The molecule has 8 heteroatoms. The monoisotopic (exact) mass is 300 g/mol. The summed E-state index contributed by atoms with van der Waals surface area (Å²) in [4.78, 5) is 10.2. The number of sulfonamides is 1. The Bertz CT molecular complexity index is 662. The zero-order valence-electron chi connectivity index (χ0n) is 10.4. The van der Waals surface area contributed by atoms with Crippen LogP contribution in [0.4, 0.5) is 4.39 Å². The third-order valence-electron chi connectivity index (χ3n) is 2.22. The van der Waals surface area contributed by atoms with Gasteiger partial charge in [0.25, 0.3) is 0 Å². The zero-order valence-corrected chi connectivity index (χ0v) is 11.2. The molecular weight excluding hydrogens is 287 g/mol. The summed E-state index contributed by atoms with van der Waals surface area (Å²) in [6.45, 7) is -0.584. The van der Waals surface area contributed by atoms with E-state index in [0.717, 1.165) is 6.07 Å². The van der Waals surface area contributed by atoms with E-state index in [1.165, 1.54) is 12.1 Å². The molecule has 0 unspecified atom stereocenters. The first kappa shape index (κ1) is 16.1. The molecule has 1 aromatic carbocycles. The van der Waals surface area contributed by atoms with Crippen LogP contribution in [-0.2, 0) is 14.8 Å². The van der Waals surface area contributed by atoms with Crippen LogP contribution in [0, 0.1) is 17.7 Å². The predicted molar refractivity (Wildman–Crippen MR) is 69.4 cm³/mol. The SMILES string of the molecule is NC(=O)CCNS(=O)(=O)c1ccc(C#CCO)c(F)c1. The van der Waals surface area contributed by atoms with Crippen molar-refractivity contribution in [2.24, 2.45) is 5.73 Å². The Morgan fingerprint density at radius 3 is 2.70 bits per heavy atom. The number of halogens is 1. The summed E-state index contributed by atoms with van der Waals surface area (Å²) in [5.74, 6) is 3.15. The van der Waals surface area contributed by atoms with Gasteiger partial charge in [-0.15, -0.1) is 0 Å². The van der Waals surface area contributed by atoms with E-state index >= 15 is 0 Å². The molecular formula is C12H13FN2O4S. The van der Waals surface area contributed by atoms with Crippen molar-refractivity contribution in [3.8, 4) is 11.8 Å². The van der Waals surface area contributed by atoms with Crippen LogP contribution in [0.25, 0.3) is 0 Å². The number of rotatable bonds is 5. The van der Waals surface area contributed by atoms with E-state index in [2.05, 4.69) is 16.6 Å². The molecule has 0 radical (unpaired) electrons. The molecule has 0 saturated heterocycles. The fourth-order valence-corrected chi connectivity index (χ4v) is 2.33. The Morgan fingerprint density at radius 2 is 2.15 bits per heavy atom. The highest BCUT2D eigenvalue weighted by molar-refractivity contribution is 7.89. The summed E-state index contributed by atoms with van der Waals surface area (Å²) in [5.41, 5.74) is 4.86. The van der Waals surface area contributed by atoms with Crippen LogP contribution in [0.2, 0.25) is 0 Å². The van der Waals surface area contributed by atoms with E-state index < -0.39 is 28.4 Å². The van der Waals surface area contributed by atoms with E-state index in [4.69, 9.17) is 10.8 Å². The quantitative estimate of drug-likeness (QED) is 0.626. The van der Waals surface area contributed by atoms with E-state index in [1.807, 2.05) is 0 Å². The van der Waals surface area contributed by atoms with Crippen LogP contribution in [0.15, 0.2) is 23.1 Å². The van der Waals surface area contributed by atoms with Crippen molar-refractivity contribution in [3.63, 3.8) is 0 Å². The smallest absolute Gasteiger partial charge is 0.240 e. The van der Waals surface area contributed by atoms with Crippen molar-refractivity contribution >= 4 is 15.9 Å². The number of hydrogen-bond acceptors (Lipinski definition) is 4. The van der Waals surface area contributed by atoms with Crippen LogP contribution >= 0.6 is 0 Å². The number of carbonyl (C=O) groups is 1. The fourth-order valence-electron chi connectivity index (χ4n) is 1.29. The first-order chi connectivity index (χ1) is 9.36. The van der Waals surface area contributed by atoms with Crippen LogP contribution in [-0.4, -0.2) is 32.6 Å². The standard InChI is InChI=1S/C12H13FN2O4S/c13-11-8-10(4-3-9(11)2-1-7-16)20(18,19)15-6-5-12(14)17/h3-4,8,15-16H,5-7H2,(H2,14,17). The van der Waals surface area contributed by atoms with Gasteiger partial charge in [-0.05, 0) is 18.2 Å². The van der Waals surface area contributed by atoms with E-state index in [1.54, 1.807) is 0 Å². The summed E-state index contributed by atoms with van der Waals surface area (Å²) in [6, 6.07) is 3.19. The van der Waals surface area contributed by atoms with E-state index in [9.17, 15) is 17.6 Å². The van der Waals surface area contributed by atoms with Crippen LogP contribution in [0.3, 0.4) is 0 Å². The summed E-state index contributed by atoms with van der Waals surface area (Å²) in [6.07, 6.45) is -0.151. The maximum Gasteiger partial charge on any atom is 0.240 e. The van der Waals surface area contributed by atoms with Gasteiger partial charge in [-0.1, -0.05) is 11.8 Å². The molecule has 4 N–H and O–H groups in total. The van der Waals surface area contributed by atoms with Crippen molar-refractivity contribution in [3.05, 3.63) is 29.6 Å². The van der Waals surface area contributed by atoms with Gasteiger partial charge in [-0.3, -0.25) is 4.79 Å². The molecule has 0 bridgehead atoms. The van der Waals surface area contributed by atoms with Gasteiger partial charge in [0.05, 0.1) is 10.5 Å². The summed E-state index contributed by atoms with van der Waals surface area (Å²) < 4.78 is 39.3. The summed E-state index contributed by atoms with van der Waals surface area (Å²) in [5, 5.41) is 8.50. The van der Waals surface area contributed by atoms with Crippen molar-refractivity contribution in [2.45, 2.75) is 11.3 Å². The van der Waals surface area contributed by atoms with Crippen molar-refractivity contribution in [1.29, 1.82) is 0 Å². The van der Waals surface area contributed by atoms with Crippen molar-refractivity contribution in [2.75, 3.05) is 13.2 Å². The van der Waals surface area contributed by atoms with Crippen molar-refractivity contribution in [1.82, 2.24) is 4.72 Å². The second kappa shape index (κ2) is 7.00. The topological polar surface area (TPSA) is 109 Å². The van der Waals surface area contributed by atoms with Gasteiger partial charge in [0, 0.05) is 13.0 Å². The molecule has 108 valence electrons. The molecule has 1 aromatic rings. The molecule has 0 saturated carbocycles. The molecule has 0 heterocycles. The van der Waals surface area contributed by atoms with Crippen molar-refractivity contribution < 1.29 is 22.7 Å². The Kier molecular flexibility index (Phi) is 5.64. The van der Waals surface area contributed by atoms with E-state index in [0.29, 0.717) is 0 Å². The largest absolute Gasteiger partial charge is 0.384 e. The van der Waals surface area contributed by atoms with Gasteiger partial charge in [0.2, 0.25) is 15.9 Å². The summed E-state index contributed by atoms with van der Waals surface area (Å²) >= 11 is 0. The van der Waals surface area contributed by atoms with Gasteiger partial charge in [0.15, 0.2) is 0 Å². The molecule has 20 heavy (non-hydrogen) atoms. The average Bonchev–Trinajstić information content (AvgIpc) is 2.36. The number of primary amides is 1. The Balaban J connectivity index is 2.91. The molecule has 0 aromatic heterocycles. The number of hydrogen-bond donors (Lipinski definition) is 3. The Labute approximate surface area is 115 Å². The number of aliphatic hydroxyl groups is 1. The number of carbonyl (C=O) groups excluding carboxylic acids is 1. The molecule has 0 atom stereocenters. The Morgan fingerprint density at radius 1 is 1.45 bits per heavy atom. The first-order valence-corrected chi connectivity index (χ1v) is 7.02. The minimum Gasteiger partial charge on any atom is -0.384 e. The maximum atomic E-state index is 13.6. The van der Waals surface area contributed by atoms with Crippen LogP contribution in [0.5, 0.6) is 0 Å². The lowest BCUT2D eigenvalue weighted by molar-refractivity contribution is -0.117. The third-order valence-corrected chi connectivity index (χ3v) is 3.68. The van der Waals surface area contributed by atoms with Gasteiger partial charge in [0.1, 0.15) is 12.4 Å². The molecule has 0 fully saturated rings. The maximum absolute atomic E-state index is 13.6. The molecule has 1 amide bonds. The fraction of sp³-hybridized carbons (Fsp3) is 0.250. The minimum absolute atomic E-state index is 0.0184. The lowest BCUT2D eigenvalue weighted by atomic mass is 10.2. The molecule has 0 aliphatic carbocycles. The predicted octanol–water partition coefficient (Wildman–Crippen LogP) is -0.677. The summed E-state index contributed by atoms with van der Waals surface area (Å²) in [7, 11) is -3.91. The average molecular weight is 300 g/mol. The zero-order chi connectivity index (χ0) is 15.2. The van der Waals surface area contributed by atoms with Crippen LogP contribution < -0.4 is 10.5 Å². The number of aliphatic hydroxyl groups excluding tert-OH is 1. The van der Waals surface area contributed by atoms with Gasteiger partial charge in [-0.25, -0.2) is 17.5 Å². The van der Waals surface area contributed by atoms with Gasteiger partial charge < -0.3 is 10.8 Å².